The summed E-state index contributed by atoms with van der Waals surface area (Å²) >= 11 is 1.66. The van der Waals surface area contributed by atoms with Crippen LogP contribution in [0, 0.1) is 0 Å². The molecule has 2 aromatic rings. The minimum atomic E-state index is 0.0949. The minimum Gasteiger partial charge on any atom is -0.325 e. The van der Waals surface area contributed by atoms with Crippen molar-refractivity contribution in [2.75, 3.05) is 37.8 Å². The lowest BCUT2D eigenvalue weighted by atomic mass is 10.1. The number of anilines is 1. The molecule has 4 nitrogen and oxygen atoms in total. The molecule has 0 spiro atoms. The van der Waals surface area contributed by atoms with Crippen LogP contribution >= 0.6 is 11.8 Å². The number of benzene rings is 2. The van der Waals surface area contributed by atoms with Gasteiger partial charge in [-0.2, -0.15) is 0 Å². The Morgan fingerprint density at radius 2 is 1.93 bits per heavy atom. The number of nitrogens with zero attached hydrogens (tertiary/aromatic N) is 2. The Balaban J connectivity index is 1.51. The van der Waals surface area contributed by atoms with Crippen molar-refractivity contribution in [2.24, 2.45) is 0 Å². The Labute approximate surface area is 179 Å². The minimum absolute atomic E-state index is 0.0949. The zero-order valence-electron chi connectivity index (χ0n) is 17.8. The van der Waals surface area contributed by atoms with Gasteiger partial charge >= 0.3 is 0 Å². The molecule has 1 N–H and O–H groups in total. The summed E-state index contributed by atoms with van der Waals surface area (Å²) in [6, 6.07) is 19.7. The molecule has 1 fully saturated rings. The molecule has 2 aromatic carbocycles. The van der Waals surface area contributed by atoms with E-state index in [1.54, 1.807) is 11.8 Å². The summed E-state index contributed by atoms with van der Waals surface area (Å²) in [5.74, 6) is 0.0949. The Hall–Kier alpha value is -1.82. The number of rotatable bonds is 9. The number of likely N-dealkylation sites (N-methyl/N-ethyl adjacent to an activating group) is 1. The van der Waals surface area contributed by atoms with Gasteiger partial charge in [0.15, 0.2) is 0 Å². The lowest BCUT2D eigenvalue weighted by Gasteiger charge is -2.29. The fourth-order valence-corrected chi connectivity index (χ4v) is 4.72. The second-order valence-corrected chi connectivity index (χ2v) is 8.50. The molecule has 29 heavy (non-hydrogen) atoms. The molecule has 3 rings (SSSR count). The van der Waals surface area contributed by atoms with Crippen molar-refractivity contribution in [3.63, 3.8) is 0 Å². The highest BCUT2D eigenvalue weighted by Crippen LogP contribution is 2.27. The Bertz CT molecular complexity index is 783. The highest BCUT2D eigenvalue weighted by Gasteiger charge is 2.30. The summed E-state index contributed by atoms with van der Waals surface area (Å²) in [5.41, 5.74) is 2.29. The van der Waals surface area contributed by atoms with Gasteiger partial charge in [0.05, 0.1) is 5.69 Å². The SMILES string of the molecule is CCN(CCC(=O)Nc1ccccc1SC)C1CCN(C(C)c2ccccc2)C1. The molecule has 1 heterocycles. The summed E-state index contributed by atoms with van der Waals surface area (Å²) < 4.78 is 0. The van der Waals surface area contributed by atoms with Crippen LogP contribution in [-0.4, -0.2) is 54.2 Å². The van der Waals surface area contributed by atoms with E-state index >= 15 is 0 Å². The van der Waals surface area contributed by atoms with Crippen LogP contribution in [0.3, 0.4) is 0 Å². The summed E-state index contributed by atoms with van der Waals surface area (Å²) in [4.78, 5) is 18.7. The first-order valence-corrected chi connectivity index (χ1v) is 11.8. The fraction of sp³-hybridized carbons (Fsp3) is 0.458. The van der Waals surface area contributed by atoms with Gasteiger partial charge in [-0.25, -0.2) is 0 Å². The van der Waals surface area contributed by atoms with Crippen LogP contribution in [0.4, 0.5) is 5.69 Å². The number of thioether (sulfide) groups is 1. The molecule has 0 aromatic heterocycles. The molecule has 1 saturated heterocycles. The van der Waals surface area contributed by atoms with Gasteiger partial charge in [0.25, 0.3) is 0 Å². The smallest absolute Gasteiger partial charge is 0.225 e. The lowest BCUT2D eigenvalue weighted by Crippen LogP contribution is -2.39. The van der Waals surface area contributed by atoms with Crippen molar-refractivity contribution in [3.8, 4) is 0 Å². The molecular formula is C24H33N3OS. The van der Waals surface area contributed by atoms with Crippen LogP contribution in [0.5, 0.6) is 0 Å². The van der Waals surface area contributed by atoms with E-state index in [9.17, 15) is 4.79 Å². The Morgan fingerprint density at radius 1 is 1.21 bits per heavy atom. The monoisotopic (exact) mass is 411 g/mol. The highest BCUT2D eigenvalue weighted by molar-refractivity contribution is 7.98. The van der Waals surface area contributed by atoms with Gasteiger partial charge in [-0.3, -0.25) is 14.6 Å². The molecule has 0 bridgehead atoms. The van der Waals surface area contributed by atoms with Crippen LogP contribution < -0.4 is 5.32 Å². The van der Waals surface area contributed by atoms with Crippen LogP contribution in [0.15, 0.2) is 59.5 Å². The third kappa shape index (κ3) is 5.84. The van der Waals surface area contributed by atoms with Crippen LogP contribution in [0.1, 0.15) is 38.3 Å². The first kappa shape index (κ1) is 21.9. The lowest BCUT2D eigenvalue weighted by molar-refractivity contribution is -0.116. The molecule has 1 amide bonds. The topological polar surface area (TPSA) is 35.6 Å². The van der Waals surface area contributed by atoms with Crippen LogP contribution in [-0.2, 0) is 4.79 Å². The Morgan fingerprint density at radius 3 is 2.66 bits per heavy atom. The van der Waals surface area contributed by atoms with Gasteiger partial charge in [-0.05, 0) is 43.8 Å². The van der Waals surface area contributed by atoms with Gasteiger partial charge in [-0.15, -0.1) is 11.8 Å². The van der Waals surface area contributed by atoms with E-state index in [2.05, 4.69) is 59.3 Å². The maximum Gasteiger partial charge on any atom is 0.225 e. The predicted octanol–water partition coefficient (Wildman–Crippen LogP) is 4.89. The summed E-state index contributed by atoms with van der Waals surface area (Å²) in [5, 5.41) is 3.08. The molecule has 1 aliphatic rings. The maximum atomic E-state index is 12.5. The molecule has 5 heteroatoms. The van der Waals surface area contributed by atoms with Crippen molar-refractivity contribution in [2.45, 2.75) is 43.7 Å². The number of para-hydroxylation sites is 1. The first-order chi connectivity index (χ1) is 14.1. The zero-order valence-corrected chi connectivity index (χ0v) is 18.6. The molecule has 0 radical (unpaired) electrons. The summed E-state index contributed by atoms with van der Waals surface area (Å²) in [6.07, 6.45) is 3.73. The maximum absolute atomic E-state index is 12.5. The van der Waals surface area contributed by atoms with Gasteiger partial charge < -0.3 is 5.32 Å². The molecule has 0 saturated carbocycles. The standard InChI is InChI=1S/C24H33N3OS/c1-4-26(17-15-24(28)25-22-12-8-9-13-23(22)29-3)21-14-16-27(18-21)19(2)20-10-6-5-7-11-20/h5-13,19,21H,4,14-18H2,1-3H3,(H,25,28). The van der Waals surface area contributed by atoms with E-state index in [0.717, 1.165) is 36.8 Å². The number of carbonyl (C=O) groups excluding carboxylic acids is 1. The average Bonchev–Trinajstić information content (AvgIpc) is 3.24. The normalized spacial score (nSPS) is 18.1. The summed E-state index contributed by atoms with van der Waals surface area (Å²) in [6.45, 7) is 8.47. The molecular weight excluding hydrogens is 378 g/mol. The largest absolute Gasteiger partial charge is 0.325 e. The van der Waals surface area contributed by atoms with Crippen molar-refractivity contribution >= 4 is 23.4 Å². The van der Waals surface area contributed by atoms with E-state index in [1.165, 1.54) is 12.0 Å². The Kier molecular flexibility index (Phi) is 8.16. The second-order valence-electron chi connectivity index (χ2n) is 7.65. The van der Waals surface area contributed by atoms with Crippen molar-refractivity contribution < 1.29 is 4.79 Å². The highest BCUT2D eigenvalue weighted by atomic mass is 32.2. The number of likely N-dealkylation sites (tertiary alicyclic amines) is 1. The molecule has 2 unspecified atom stereocenters. The second kappa shape index (κ2) is 10.8. The number of nitrogens with one attached hydrogen (secondary N) is 1. The third-order valence-corrected chi connectivity index (χ3v) is 6.75. The van der Waals surface area contributed by atoms with Crippen molar-refractivity contribution in [1.29, 1.82) is 0 Å². The van der Waals surface area contributed by atoms with Gasteiger partial charge in [0, 0.05) is 43.0 Å². The quantitative estimate of drug-likeness (QED) is 0.596. The average molecular weight is 412 g/mol. The van der Waals surface area contributed by atoms with Crippen LogP contribution in [0.2, 0.25) is 0 Å². The zero-order chi connectivity index (χ0) is 20.6. The van der Waals surface area contributed by atoms with Crippen molar-refractivity contribution in [1.82, 2.24) is 9.80 Å². The van der Waals surface area contributed by atoms with E-state index < -0.39 is 0 Å². The van der Waals surface area contributed by atoms with Gasteiger partial charge in [0.1, 0.15) is 0 Å². The van der Waals surface area contributed by atoms with E-state index in [-0.39, 0.29) is 5.91 Å². The fourth-order valence-electron chi connectivity index (χ4n) is 4.16. The molecule has 0 aliphatic carbocycles. The number of hydrogen-bond donors (Lipinski definition) is 1. The van der Waals surface area contributed by atoms with Crippen LogP contribution in [0.25, 0.3) is 0 Å². The van der Waals surface area contributed by atoms with Gasteiger partial charge in [-0.1, -0.05) is 49.4 Å². The molecule has 156 valence electrons. The van der Waals surface area contributed by atoms with Crippen molar-refractivity contribution in [3.05, 3.63) is 60.2 Å². The molecule has 1 aliphatic heterocycles. The summed E-state index contributed by atoms with van der Waals surface area (Å²) in [7, 11) is 0. The van der Waals surface area contributed by atoms with E-state index in [0.29, 0.717) is 18.5 Å². The predicted molar refractivity (Wildman–Crippen MR) is 124 cm³/mol. The number of hydrogen-bond acceptors (Lipinski definition) is 4. The van der Waals surface area contributed by atoms with Gasteiger partial charge in [0.2, 0.25) is 5.91 Å². The number of amides is 1. The first-order valence-electron chi connectivity index (χ1n) is 10.6. The number of carbonyl (C=O) groups is 1. The third-order valence-electron chi connectivity index (χ3n) is 5.95. The van der Waals surface area contributed by atoms with E-state index in [1.807, 2.05) is 30.5 Å². The van der Waals surface area contributed by atoms with E-state index in [4.69, 9.17) is 0 Å². The molecule has 2 atom stereocenters.